The molecule has 0 saturated carbocycles. The van der Waals surface area contributed by atoms with Crippen molar-refractivity contribution in [2.75, 3.05) is 31.3 Å². The molecule has 0 radical (unpaired) electrons. The summed E-state index contributed by atoms with van der Waals surface area (Å²) < 4.78 is 36.4. The molecule has 1 aromatic carbocycles. The molecule has 0 atom stereocenters. The molecule has 0 aliphatic heterocycles. The molecule has 6 nitrogen and oxygen atoms in total. The lowest BCUT2D eigenvalue weighted by Gasteiger charge is -2.15. The minimum Gasteiger partial charge on any atom is -0.495 e. The molecule has 0 spiro atoms. The van der Waals surface area contributed by atoms with Crippen molar-refractivity contribution >= 4 is 15.7 Å². The second-order valence-corrected chi connectivity index (χ2v) is 5.81. The van der Waals surface area contributed by atoms with Gasteiger partial charge in [0.2, 0.25) is 10.0 Å². The van der Waals surface area contributed by atoms with Crippen LogP contribution in [-0.4, -0.2) is 35.0 Å². The van der Waals surface area contributed by atoms with Crippen LogP contribution < -0.4 is 15.2 Å². The van der Waals surface area contributed by atoms with Gasteiger partial charge in [0, 0.05) is 20.3 Å². The van der Waals surface area contributed by atoms with Crippen molar-refractivity contribution in [2.45, 2.75) is 13.0 Å². The number of anilines is 1. The zero-order valence-corrected chi connectivity index (χ0v) is 12.0. The van der Waals surface area contributed by atoms with Crippen molar-refractivity contribution in [3.8, 4) is 5.75 Å². The van der Waals surface area contributed by atoms with Gasteiger partial charge in [-0.2, -0.15) is 0 Å². The number of sulfonamides is 1. The average molecular weight is 288 g/mol. The highest BCUT2D eigenvalue weighted by Crippen LogP contribution is 2.29. The third kappa shape index (κ3) is 4.70. The standard InChI is InChI=1S/C12H20N2O4S/c1-17-7-4-8-19(15,16)14-12-10(9-13)5-3-6-11(12)18-2/h3,5-6,14H,4,7-9,13H2,1-2H3. The van der Waals surface area contributed by atoms with Crippen molar-refractivity contribution in [1.82, 2.24) is 0 Å². The Morgan fingerprint density at radius 1 is 1.32 bits per heavy atom. The molecule has 0 fully saturated rings. The fraction of sp³-hybridized carbons (Fsp3) is 0.500. The van der Waals surface area contributed by atoms with Crippen molar-refractivity contribution in [1.29, 1.82) is 0 Å². The second-order valence-electron chi connectivity index (χ2n) is 3.97. The Balaban J connectivity index is 2.91. The molecule has 0 aliphatic rings. The molecule has 0 amide bonds. The van der Waals surface area contributed by atoms with Crippen LogP contribution >= 0.6 is 0 Å². The van der Waals surface area contributed by atoms with Crippen LogP contribution in [0.1, 0.15) is 12.0 Å². The number of benzene rings is 1. The lowest BCUT2D eigenvalue weighted by Crippen LogP contribution is -2.19. The van der Waals surface area contributed by atoms with Gasteiger partial charge in [0.25, 0.3) is 0 Å². The molecule has 19 heavy (non-hydrogen) atoms. The Kier molecular flexibility index (Phi) is 6.07. The Morgan fingerprint density at radius 3 is 2.63 bits per heavy atom. The largest absolute Gasteiger partial charge is 0.495 e. The number of ether oxygens (including phenoxy) is 2. The number of methoxy groups -OCH3 is 2. The smallest absolute Gasteiger partial charge is 0.232 e. The van der Waals surface area contributed by atoms with E-state index in [1.807, 2.05) is 0 Å². The summed E-state index contributed by atoms with van der Waals surface area (Å²) in [6, 6.07) is 5.21. The SMILES string of the molecule is COCCCS(=O)(=O)Nc1c(CN)cccc1OC. The molecule has 0 aliphatic carbocycles. The lowest BCUT2D eigenvalue weighted by atomic mass is 10.1. The lowest BCUT2D eigenvalue weighted by molar-refractivity contribution is 0.199. The van der Waals surface area contributed by atoms with Crippen LogP contribution in [0.25, 0.3) is 0 Å². The van der Waals surface area contributed by atoms with Gasteiger partial charge in [-0.05, 0) is 18.1 Å². The zero-order valence-electron chi connectivity index (χ0n) is 11.2. The molecule has 0 unspecified atom stereocenters. The molecule has 0 aromatic heterocycles. The number of rotatable bonds is 8. The van der Waals surface area contributed by atoms with Crippen LogP contribution in [0.15, 0.2) is 18.2 Å². The van der Waals surface area contributed by atoms with Crippen molar-refractivity contribution < 1.29 is 17.9 Å². The molecular weight excluding hydrogens is 268 g/mol. The first kappa shape index (κ1) is 15.7. The molecule has 7 heteroatoms. The monoisotopic (exact) mass is 288 g/mol. The zero-order chi connectivity index (χ0) is 14.3. The van der Waals surface area contributed by atoms with Gasteiger partial charge < -0.3 is 15.2 Å². The van der Waals surface area contributed by atoms with Crippen LogP contribution in [0.4, 0.5) is 5.69 Å². The van der Waals surface area contributed by atoms with Gasteiger partial charge in [0.05, 0.1) is 18.6 Å². The Labute approximate surface area is 113 Å². The summed E-state index contributed by atoms with van der Waals surface area (Å²) in [5, 5.41) is 0. The molecule has 1 rings (SSSR count). The van der Waals surface area contributed by atoms with Gasteiger partial charge in [0.15, 0.2) is 0 Å². The third-order valence-corrected chi connectivity index (χ3v) is 3.91. The van der Waals surface area contributed by atoms with Crippen LogP contribution in [0.3, 0.4) is 0 Å². The van der Waals surface area contributed by atoms with Gasteiger partial charge >= 0.3 is 0 Å². The number of hydrogen-bond donors (Lipinski definition) is 2. The van der Waals surface area contributed by atoms with Crippen LogP contribution in [0.5, 0.6) is 5.75 Å². The minimum absolute atomic E-state index is 0.0110. The van der Waals surface area contributed by atoms with Gasteiger partial charge in [-0.3, -0.25) is 4.72 Å². The minimum atomic E-state index is -3.44. The summed E-state index contributed by atoms with van der Waals surface area (Å²) >= 11 is 0. The predicted octanol–water partition coefficient (Wildman–Crippen LogP) is 0.932. The molecule has 108 valence electrons. The summed E-state index contributed by atoms with van der Waals surface area (Å²) in [5.41, 5.74) is 6.70. The highest BCUT2D eigenvalue weighted by Gasteiger charge is 2.16. The summed E-state index contributed by atoms with van der Waals surface area (Å²) in [4.78, 5) is 0. The van der Waals surface area contributed by atoms with E-state index in [9.17, 15) is 8.42 Å². The second kappa shape index (κ2) is 7.32. The van der Waals surface area contributed by atoms with Crippen LogP contribution in [-0.2, 0) is 21.3 Å². The van der Waals surface area contributed by atoms with E-state index in [0.29, 0.717) is 30.0 Å². The fourth-order valence-corrected chi connectivity index (χ4v) is 2.78. The number of nitrogens with one attached hydrogen (secondary N) is 1. The summed E-state index contributed by atoms with van der Waals surface area (Å²) in [7, 11) is -0.419. The van der Waals surface area contributed by atoms with E-state index < -0.39 is 10.0 Å². The van der Waals surface area contributed by atoms with Gasteiger partial charge in [-0.15, -0.1) is 0 Å². The number of nitrogens with two attached hydrogens (primary N) is 1. The van der Waals surface area contributed by atoms with E-state index in [4.69, 9.17) is 15.2 Å². The normalized spacial score (nSPS) is 11.3. The molecular formula is C12H20N2O4S. The first-order valence-electron chi connectivity index (χ1n) is 5.89. The molecule has 0 heterocycles. The summed E-state index contributed by atoms with van der Waals surface area (Å²) in [5.74, 6) is 0.446. The molecule has 0 bridgehead atoms. The quantitative estimate of drug-likeness (QED) is 0.695. The van der Waals surface area contributed by atoms with E-state index in [-0.39, 0.29) is 12.3 Å². The van der Waals surface area contributed by atoms with E-state index in [0.717, 1.165) is 0 Å². The van der Waals surface area contributed by atoms with E-state index >= 15 is 0 Å². The fourth-order valence-electron chi connectivity index (χ4n) is 1.63. The summed E-state index contributed by atoms with van der Waals surface area (Å²) in [6.07, 6.45) is 0.430. The maximum Gasteiger partial charge on any atom is 0.232 e. The average Bonchev–Trinajstić information content (AvgIpc) is 2.38. The first-order chi connectivity index (χ1) is 9.04. The molecule has 0 saturated heterocycles. The topological polar surface area (TPSA) is 90.7 Å². The van der Waals surface area contributed by atoms with E-state index in [2.05, 4.69) is 4.72 Å². The third-order valence-electron chi connectivity index (χ3n) is 2.57. The van der Waals surface area contributed by atoms with Crippen molar-refractivity contribution in [3.05, 3.63) is 23.8 Å². The van der Waals surface area contributed by atoms with Gasteiger partial charge in [-0.1, -0.05) is 12.1 Å². The number of hydrogen-bond acceptors (Lipinski definition) is 5. The van der Waals surface area contributed by atoms with Crippen LogP contribution in [0, 0.1) is 0 Å². The molecule has 1 aromatic rings. The van der Waals surface area contributed by atoms with Crippen LogP contribution in [0.2, 0.25) is 0 Å². The highest BCUT2D eigenvalue weighted by atomic mass is 32.2. The number of para-hydroxylation sites is 1. The summed E-state index contributed by atoms with van der Waals surface area (Å²) in [6.45, 7) is 0.629. The van der Waals surface area contributed by atoms with Crippen molar-refractivity contribution in [2.24, 2.45) is 5.73 Å². The maximum absolute atomic E-state index is 11.9. The van der Waals surface area contributed by atoms with E-state index in [1.54, 1.807) is 18.2 Å². The van der Waals surface area contributed by atoms with Crippen molar-refractivity contribution in [3.63, 3.8) is 0 Å². The predicted molar refractivity (Wildman–Crippen MR) is 74.8 cm³/mol. The maximum atomic E-state index is 11.9. The Morgan fingerprint density at radius 2 is 2.05 bits per heavy atom. The first-order valence-corrected chi connectivity index (χ1v) is 7.54. The Bertz CT molecular complexity index is 480. The highest BCUT2D eigenvalue weighted by molar-refractivity contribution is 7.92. The molecule has 3 N–H and O–H groups in total. The Hall–Kier alpha value is -1.31. The van der Waals surface area contributed by atoms with Gasteiger partial charge in [0.1, 0.15) is 5.75 Å². The van der Waals surface area contributed by atoms with Gasteiger partial charge in [-0.25, -0.2) is 8.42 Å². The van der Waals surface area contributed by atoms with E-state index in [1.165, 1.54) is 14.2 Å².